The van der Waals surface area contributed by atoms with Crippen molar-refractivity contribution in [1.29, 1.82) is 0 Å². The average Bonchev–Trinajstić information content (AvgIpc) is 3.97. The lowest BCUT2D eigenvalue weighted by Gasteiger charge is -2.25. The van der Waals surface area contributed by atoms with Crippen LogP contribution in [0, 0.1) is 0 Å². The molecule has 26 heteroatoms. The quantitative estimate of drug-likeness (QED) is 0.0372. The number of H-pyrrole nitrogens is 2. The summed E-state index contributed by atoms with van der Waals surface area (Å²) in [7, 11) is 0. The van der Waals surface area contributed by atoms with E-state index in [0.717, 1.165) is 0 Å². The number of nitrogens with one attached hydrogen (secondary N) is 11. The summed E-state index contributed by atoms with van der Waals surface area (Å²) in [6, 6.07) is -11.5. The number of hydrogen-bond acceptors (Lipinski definition) is 14. The number of aromatic nitrogens is 4. The van der Waals surface area contributed by atoms with E-state index in [2.05, 4.69) is 67.8 Å². The molecule has 26 nitrogen and oxygen atoms in total. The summed E-state index contributed by atoms with van der Waals surface area (Å²) in [5.74, 6) is -7.44. The molecule has 0 aliphatic rings. The zero-order chi connectivity index (χ0) is 49.0. The molecule has 0 spiro atoms. The third-order valence-electron chi connectivity index (χ3n) is 9.83. The topological polar surface area (TPSA) is 414 Å². The molecule has 2 rings (SSSR count). The molecule has 10 amide bonds. The lowest BCUT2D eigenvalue weighted by atomic mass is 10.1. The van der Waals surface area contributed by atoms with Gasteiger partial charge in [-0.1, -0.05) is 6.42 Å². The highest BCUT2D eigenvalue weighted by Crippen LogP contribution is 2.06. The van der Waals surface area contributed by atoms with Crippen molar-refractivity contribution < 1.29 is 47.9 Å². The molecule has 0 aliphatic heterocycles. The van der Waals surface area contributed by atoms with Crippen molar-refractivity contribution in [2.45, 2.75) is 141 Å². The van der Waals surface area contributed by atoms with Gasteiger partial charge in [-0.25, -0.2) is 9.97 Å². The molecule has 65 heavy (non-hydrogen) atoms. The molecule has 2 heterocycles. The third kappa shape index (κ3) is 18.7. The van der Waals surface area contributed by atoms with E-state index in [4.69, 9.17) is 17.2 Å². The highest BCUT2D eigenvalue weighted by molar-refractivity contribution is 5.98. The van der Waals surface area contributed by atoms with Gasteiger partial charge in [0.2, 0.25) is 59.1 Å². The number of imidazole rings is 2. The van der Waals surface area contributed by atoms with E-state index in [1.807, 2.05) is 0 Å². The molecule has 0 aromatic carbocycles. The van der Waals surface area contributed by atoms with Crippen LogP contribution in [0.2, 0.25) is 0 Å². The number of unbranched alkanes of at least 4 members (excludes halogenated alkanes) is 1. The minimum absolute atomic E-state index is 0.0239. The van der Waals surface area contributed by atoms with Crippen LogP contribution in [-0.4, -0.2) is 146 Å². The SMILES string of the molecule is C[C@H](NC(=O)[C@H](C)NC(=O)[C@H](C)NC(=O)[C@H](C)NC(=O)[C@H](C)NC(=O)[C@H](C)NC(=O)[C@H](C)NC(=O)[C@H](Cc1cnc[nH]1)NC(=O)[C@H](Cc1cnc[nH]1)NC(=O)[C@@H](N)CCCCN)C(N)=O. The Morgan fingerprint density at radius 1 is 0.477 bits per heavy atom. The molecule has 0 bridgehead atoms. The third-order valence-corrected chi connectivity index (χ3v) is 9.83. The molecule has 10 atom stereocenters. The Morgan fingerprint density at radius 3 is 1.09 bits per heavy atom. The van der Waals surface area contributed by atoms with E-state index in [1.165, 1.54) is 73.5 Å². The zero-order valence-corrected chi connectivity index (χ0v) is 37.5. The summed E-state index contributed by atoms with van der Waals surface area (Å²) in [5, 5.41) is 22.2. The van der Waals surface area contributed by atoms with Crippen LogP contribution >= 0.6 is 0 Å². The molecule has 360 valence electrons. The largest absolute Gasteiger partial charge is 0.368 e. The van der Waals surface area contributed by atoms with Crippen LogP contribution < -0.4 is 65.1 Å². The van der Waals surface area contributed by atoms with Gasteiger partial charge >= 0.3 is 0 Å². The van der Waals surface area contributed by atoms with Crippen molar-refractivity contribution in [2.75, 3.05) is 6.54 Å². The number of carbonyl (C=O) groups excluding carboxylic acids is 10. The summed E-state index contributed by atoms with van der Waals surface area (Å²) >= 11 is 0. The smallest absolute Gasteiger partial charge is 0.243 e. The lowest BCUT2D eigenvalue weighted by molar-refractivity contribution is -0.135. The lowest BCUT2D eigenvalue weighted by Crippen LogP contribution is -2.59. The first-order chi connectivity index (χ1) is 30.5. The summed E-state index contributed by atoms with van der Waals surface area (Å²) < 4.78 is 0. The Labute approximate surface area is 375 Å². The fraction of sp³-hybridized carbons (Fsp3) is 0.590. The van der Waals surface area contributed by atoms with E-state index < -0.39 is 119 Å². The van der Waals surface area contributed by atoms with Crippen molar-refractivity contribution in [3.8, 4) is 0 Å². The van der Waals surface area contributed by atoms with Crippen molar-refractivity contribution in [3.05, 3.63) is 36.4 Å². The van der Waals surface area contributed by atoms with Gasteiger partial charge in [-0.15, -0.1) is 0 Å². The molecule has 0 unspecified atom stereocenters. The van der Waals surface area contributed by atoms with E-state index in [1.54, 1.807) is 0 Å². The Balaban J connectivity index is 1.98. The highest BCUT2D eigenvalue weighted by Gasteiger charge is 2.32. The molecule has 2 aromatic heterocycles. The molecule has 0 saturated carbocycles. The summed E-state index contributed by atoms with van der Waals surface area (Å²) in [5.41, 5.74) is 17.7. The Hall–Kier alpha value is -6.96. The predicted octanol–water partition coefficient (Wildman–Crippen LogP) is -5.64. The Bertz CT molecular complexity index is 1950. The standard InChI is InChI=1S/C39H64N16O10/c1-18(30(42)56)47-31(57)19(2)48-32(58)20(3)49-33(59)21(4)50-34(60)22(5)51-35(61)23(6)52-36(62)24(7)53-38(64)28(12-25-14-43-16-45-25)55-39(65)29(13-26-15-44-17-46-26)54-37(63)27(41)10-8-9-11-40/h14-24,27-29H,8-13,40-41H2,1-7H3,(H2,42,56)(H,43,45)(H,44,46)(H,47,57)(H,48,58)(H,49,59)(H,50,60)(H,51,61)(H,52,62)(H,53,64)(H,54,63)(H,55,65)/t18-,19-,20-,21-,22-,23-,24-,27-,28-,29-/m0/s1. The number of primary amides is 1. The fourth-order valence-electron chi connectivity index (χ4n) is 5.65. The summed E-state index contributed by atoms with van der Waals surface area (Å²) in [4.78, 5) is 142. The number of aromatic amines is 2. The van der Waals surface area contributed by atoms with Gasteiger partial charge in [0.05, 0.1) is 18.7 Å². The van der Waals surface area contributed by atoms with Crippen LogP contribution in [0.15, 0.2) is 25.0 Å². The van der Waals surface area contributed by atoms with Crippen LogP contribution in [0.4, 0.5) is 0 Å². The monoisotopic (exact) mass is 916 g/mol. The number of rotatable bonds is 27. The number of nitrogens with two attached hydrogens (primary N) is 3. The minimum atomic E-state index is -1.29. The molecule has 17 N–H and O–H groups in total. The van der Waals surface area contributed by atoms with E-state index in [-0.39, 0.29) is 12.8 Å². The van der Waals surface area contributed by atoms with Gasteiger partial charge in [-0.3, -0.25) is 47.9 Å². The number of nitrogens with zero attached hydrogens (tertiary/aromatic N) is 2. The fourth-order valence-corrected chi connectivity index (χ4v) is 5.65. The van der Waals surface area contributed by atoms with Crippen LogP contribution in [0.3, 0.4) is 0 Å². The van der Waals surface area contributed by atoms with Crippen LogP contribution in [0.5, 0.6) is 0 Å². The summed E-state index contributed by atoms with van der Waals surface area (Å²) in [6.45, 7) is 9.84. The van der Waals surface area contributed by atoms with Crippen LogP contribution in [0.25, 0.3) is 0 Å². The maximum Gasteiger partial charge on any atom is 0.243 e. The minimum Gasteiger partial charge on any atom is -0.368 e. The Kier molecular flexibility index (Phi) is 22.2. The predicted molar refractivity (Wildman–Crippen MR) is 232 cm³/mol. The second-order valence-electron chi connectivity index (χ2n) is 15.6. The number of carbonyl (C=O) groups is 10. The molecule has 0 radical (unpaired) electrons. The molecule has 0 aliphatic carbocycles. The van der Waals surface area contributed by atoms with E-state index in [9.17, 15) is 47.9 Å². The second-order valence-corrected chi connectivity index (χ2v) is 15.6. The van der Waals surface area contributed by atoms with Gasteiger partial charge in [0, 0.05) is 36.6 Å². The van der Waals surface area contributed by atoms with E-state index >= 15 is 0 Å². The van der Waals surface area contributed by atoms with E-state index in [0.29, 0.717) is 37.2 Å². The highest BCUT2D eigenvalue weighted by atomic mass is 16.2. The maximum atomic E-state index is 13.7. The second kappa shape index (κ2) is 26.6. The van der Waals surface area contributed by atoms with Crippen LogP contribution in [-0.2, 0) is 60.8 Å². The first-order valence-corrected chi connectivity index (χ1v) is 21.0. The van der Waals surface area contributed by atoms with Crippen molar-refractivity contribution >= 4 is 59.1 Å². The zero-order valence-electron chi connectivity index (χ0n) is 37.5. The van der Waals surface area contributed by atoms with Crippen molar-refractivity contribution in [1.82, 2.24) is 67.8 Å². The van der Waals surface area contributed by atoms with Gasteiger partial charge in [0.1, 0.15) is 54.4 Å². The van der Waals surface area contributed by atoms with Crippen molar-refractivity contribution in [3.63, 3.8) is 0 Å². The number of hydrogen-bond donors (Lipinski definition) is 14. The molecule has 0 fully saturated rings. The molecule has 2 aromatic rings. The van der Waals surface area contributed by atoms with Crippen molar-refractivity contribution in [2.24, 2.45) is 17.2 Å². The van der Waals surface area contributed by atoms with Gasteiger partial charge < -0.3 is 75.0 Å². The van der Waals surface area contributed by atoms with Gasteiger partial charge in [0.25, 0.3) is 0 Å². The van der Waals surface area contributed by atoms with Gasteiger partial charge in [-0.2, -0.15) is 0 Å². The molecular formula is C39H64N16O10. The first-order valence-electron chi connectivity index (χ1n) is 21.0. The summed E-state index contributed by atoms with van der Waals surface area (Å²) in [6.07, 6.45) is 7.16. The first kappa shape index (κ1) is 54.2. The Morgan fingerprint density at radius 2 is 0.785 bits per heavy atom. The normalized spacial score (nSPS) is 15.6. The van der Waals surface area contributed by atoms with Gasteiger partial charge in [0.15, 0.2) is 0 Å². The average molecular weight is 917 g/mol. The molecular weight excluding hydrogens is 853 g/mol. The number of amides is 10. The van der Waals surface area contributed by atoms with Crippen LogP contribution in [0.1, 0.15) is 79.1 Å². The maximum absolute atomic E-state index is 13.7. The molecule has 0 saturated heterocycles. The van der Waals surface area contributed by atoms with Gasteiger partial charge in [-0.05, 0) is 67.9 Å².